The lowest BCUT2D eigenvalue weighted by Crippen LogP contribution is -2.45. The Morgan fingerprint density at radius 1 is 1.42 bits per heavy atom. The van der Waals surface area contributed by atoms with E-state index in [1.54, 1.807) is 0 Å². The lowest BCUT2D eigenvalue weighted by molar-refractivity contribution is -0.0335. The van der Waals surface area contributed by atoms with E-state index in [4.69, 9.17) is 4.74 Å². The van der Waals surface area contributed by atoms with Gasteiger partial charge in [-0.05, 0) is 44.4 Å². The molecule has 1 saturated heterocycles. The van der Waals surface area contributed by atoms with Crippen molar-refractivity contribution in [3.05, 3.63) is 29.8 Å². The fraction of sp³-hybridized carbons (Fsp3) is 0.625. The fourth-order valence-electron chi connectivity index (χ4n) is 2.82. The zero-order valence-corrected chi connectivity index (χ0v) is 12.1. The van der Waals surface area contributed by atoms with E-state index >= 15 is 0 Å². The van der Waals surface area contributed by atoms with Gasteiger partial charge in [0.15, 0.2) is 0 Å². The van der Waals surface area contributed by atoms with Crippen LogP contribution >= 0.6 is 0 Å². The monoisotopic (exact) mass is 263 g/mol. The van der Waals surface area contributed by atoms with Crippen molar-refractivity contribution in [2.45, 2.75) is 26.7 Å². The highest BCUT2D eigenvalue weighted by Gasteiger charge is 2.34. The second-order valence-corrected chi connectivity index (χ2v) is 5.67. The molecule has 1 unspecified atom stereocenters. The van der Waals surface area contributed by atoms with Gasteiger partial charge in [0.1, 0.15) is 0 Å². The smallest absolute Gasteiger partial charge is 0.0561 e. The van der Waals surface area contributed by atoms with E-state index in [9.17, 15) is 5.11 Å². The van der Waals surface area contributed by atoms with Crippen LogP contribution in [0.25, 0.3) is 0 Å². The Balaban J connectivity index is 2.13. The molecule has 106 valence electrons. The van der Waals surface area contributed by atoms with E-state index < -0.39 is 0 Å². The van der Waals surface area contributed by atoms with Crippen LogP contribution in [0.3, 0.4) is 0 Å². The largest absolute Gasteiger partial charge is 0.396 e. The SMILES string of the molecule is CCN(CC1(CO)CCCOC1)c1cccc(C)c1. The molecule has 0 saturated carbocycles. The maximum absolute atomic E-state index is 9.78. The topological polar surface area (TPSA) is 32.7 Å². The van der Waals surface area contributed by atoms with Gasteiger partial charge in [-0.15, -0.1) is 0 Å². The van der Waals surface area contributed by atoms with Crippen LogP contribution in [0.15, 0.2) is 24.3 Å². The predicted octanol–water partition coefficient (Wildman–Crippen LogP) is 2.61. The third-order valence-corrected chi connectivity index (χ3v) is 4.01. The minimum Gasteiger partial charge on any atom is -0.396 e. The number of nitrogens with zero attached hydrogens (tertiary/aromatic N) is 1. The van der Waals surface area contributed by atoms with Gasteiger partial charge >= 0.3 is 0 Å². The summed E-state index contributed by atoms with van der Waals surface area (Å²) in [4.78, 5) is 2.35. The molecular formula is C16H25NO2. The van der Waals surface area contributed by atoms with Crippen LogP contribution in [0.4, 0.5) is 5.69 Å². The van der Waals surface area contributed by atoms with Gasteiger partial charge in [0.25, 0.3) is 0 Å². The van der Waals surface area contributed by atoms with E-state index in [0.29, 0.717) is 6.61 Å². The summed E-state index contributed by atoms with van der Waals surface area (Å²) in [7, 11) is 0. The van der Waals surface area contributed by atoms with E-state index in [-0.39, 0.29) is 12.0 Å². The van der Waals surface area contributed by atoms with Crippen LogP contribution in [-0.2, 0) is 4.74 Å². The lowest BCUT2D eigenvalue weighted by Gasteiger charge is -2.40. The number of ether oxygens (including phenoxy) is 1. The molecule has 2 rings (SSSR count). The highest BCUT2D eigenvalue weighted by Crippen LogP contribution is 2.31. The zero-order valence-electron chi connectivity index (χ0n) is 12.1. The Kier molecular flexibility index (Phi) is 4.83. The Morgan fingerprint density at radius 2 is 2.26 bits per heavy atom. The van der Waals surface area contributed by atoms with Gasteiger partial charge in [0.2, 0.25) is 0 Å². The molecule has 1 aliphatic heterocycles. The number of aliphatic hydroxyl groups is 1. The number of rotatable bonds is 5. The van der Waals surface area contributed by atoms with Crippen molar-refractivity contribution in [1.82, 2.24) is 0 Å². The predicted molar refractivity (Wildman–Crippen MR) is 78.6 cm³/mol. The number of hydrogen-bond donors (Lipinski definition) is 1. The molecule has 0 aliphatic carbocycles. The minimum absolute atomic E-state index is 0.0992. The van der Waals surface area contributed by atoms with Crippen LogP contribution in [0.2, 0.25) is 0 Å². The van der Waals surface area contributed by atoms with Gasteiger partial charge in [0, 0.05) is 30.8 Å². The average molecular weight is 263 g/mol. The lowest BCUT2D eigenvalue weighted by atomic mass is 9.82. The maximum atomic E-state index is 9.78. The van der Waals surface area contributed by atoms with Crippen LogP contribution in [0.1, 0.15) is 25.3 Å². The molecule has 3 nitrogen and oxygen atoms in total. The van der Waals surface area contributed by atoms with Crippen molar-refractivity contribution in [2.75, 3.05) is 37.8 Å². The Morgan fingerprint density at radius 3 is 2.84 bits per heavy atom. The Hall–Kier alpha value is -1.06. The van der Waals surface area contributed by atoms with Crippen LogP contribution in [0, 0.1) is 12.3 Å². The Bertz CT molecular complexity index is 399. The minimum atomic E-state index is -0.0992. The maximum Gasteiger partial charge on any atom is 0.0561 e. The standard InChI is InChI=1S/C16H25NO2/c1-3-17(15-7-4-6-14(2)10-15)11-16(12-18)8-5-9-19-13-16/h4,6-7,10,18H,3,5,8-9,11-13H2,1-2H3. The summed E-state index contributed by atoms with van der Waals surface area (Å²) in [5.74, 6) is 0. The average Bonchev–Trinajstić information content (AvgIpc) is 2.46. The van der Waals surface area contributed by atoms with Gasteiger partial charge in [0.05, 0.1) is 13.2 Å². The fourth-order valence-corrected chi connectivity index (χ4v) is 2.82. The number of aryl methyl sites for hydroxylation is 1. The molecule has 0 spiro atoms. The van der Waals surface area contributed by atoms with Crippen molar-refractivity contribution < 1.29 is 9.84 Å². The molecule has 1 aromatic rings. The van der Waals surface area contributed by atoms with Gasteiger partial charge in [-0.25, -0.2) is 0 Å². The first-order valence-corrected chi connectivity index (χ1v) is 7.19. The molecule has 1 atom stereocenters. The Labute approximate surface area is 116 Å². The van der Waals surface area contributed by atoms with E-state index in [0.717, 1.165) is 32.5 Å². The molecular weight excluding hydrogens is 238 g/mol. The number of hydrogen-bond acceptors (Lipinski definition) is 3. The number of benzene rings is 1. The van der Waals surface area contributed by atoms with Gasteiger partial charge in [-0.3, -0.25) is 0 Å². The molecule has 0 aromatic heterocycles. The van der Waals surface area contributed by atoms with Crippen molar-refractivity contribution in [1.29, 1.82) is 0 Å². The number of anilines is 1. The highest BCUT2D eigenvalue weighted by molar-refractivity contribution is 5.48. The summed E-state index contributed by atoms with van der Waals surface area (Å²) in [6.07, 6.45) is 2.09. The molecule has 1 fully saturated rings. The summed E-state index contributed by atoms with van der Waals surface area (Å²) in [5, 5.41) is 9.78. The summed E-state index contributed by atoms with van der Waals surface area (Å²) in [6.45, 7) is 7.80. The molecule has 19 heavy (non-hydrogen) atoms. The second kappa shape index (κ2) is 6.40. The molecule has 1 heterocycles. The first kappa shape index (κ1) is 14.4. The highest BCUT2D eigenvalue weighted by atomic mass is 16.5. The van der Waals surface area contributed by atoms with Gasteiger partial charge in [-0.1, -0.05) is 12.1 Å². The summed E-state index contributed by atoms with van der Waals surface area (Å²) in [6, 6.07) is 8.56. The van der Waals surface area contributed by atoms with Crippen molar-refractivity contribution in [3.8, 4) is 0 Å². The molecule has 1 N–H and O–H groups in total. The molecule has 1 aromatic carbocycles. The quantitative estimate of drug-likeness (QED) is 0.886. The van der Waals surface area contributed by atoms with E-state index in [1.807, 2.05) is 0 Å². The van der Waals surface area contributed by atoms with E-state index in [2.05, 4.69) is 43.0 Å². The van der Waals surface area contributed by atoms with E-state index in [1.165, 1.54) is 11.3 Å². The first-order chi connectivity index (χ1) is 9.19. The van der Waals surface area contributed by atoms with Gasteiger partial charge in [-0.2, -0.15) is 0 Å². The molecule has 0 amide bonds. The molecule has 0 radical (unpaired) electrons. The third kappa shape index (κ3) is 3.48. The van der Waals surface area contributed by atoms with Crippen molar-refractivity contribution in [2.24, 2.45) is 5.41 Å². The molecule has 3 heteroatoms. The summed E-state index contributed by atoms with van der Waals surface area (Å²) < 4.78 is 5.59. The van der Waals surface area contributed by atoms with Crippen molar-refractivity contribution >= 4 is 5.69 Å². The van der Waals surface area contributed by atoms with Crippen LogP contribution in [-0.4, -0.2) is 38.0 Å². The zero-order chi connectivity index (χ0) is 13.7. The van der Waals surface area contributed by atoms with Gasteiger partial charge < -0.3 is 14.7 Å². The summed E-state index contributed by atoms with van der Waals surface area (Å²) in [5.41, 5.74) is 2.41. The molecule has 0 bridgehead atoms. The van der Waals surface area contributed by atoms with Crippen molar-refractivity contribution in [3.63, 3.8) is 0 Å². The number of aliphatic hydroxyl groups excluding tert-OH is 1. The van der Waals surface area contributed by atoms with Crippen LogP contribution in [0.5, 0.6) is 0 Å². The second-order valence-electron chi connectivity index (χ2n) is 5.67. The normalized spacial score (nSPS) is 23.3. The third-order valence-electron chi connectivity index (χ3n) is 4.01. The molecule has 1 aliphatic rings. The van der Waals surface area contributed by atoms with Crippen LogP contribution < -0.4 is 4.90 Å². The first-order valence-electron chi connectivity index (χ1n) is 7.19. The summed E-state index contributed by atoms with van der Waals surface area (Å²) >= 11 is 0.